The second-order valence-corrected chi connectivity index (χ2v) is 7.29. The zero-order valence-corrected chi connectivity index (χ0v) is 15.2. The van der Waals surface area contributed by atoms with E-state index in [0.717, 1.165) is 4.90 Å². The fourth-order valence-electron chi connectivity index (χ4n) is 2.59. The maximum Gasteiger partial charge on any atom is 0.325 e. The van der Waals surface area contributed by atoms with Gasteiger partial charge in [0.2, 0.25) is 0 Å². The minimum absolute atomic E-state index is 0.0533. The Balaban J connectivity index is 1.48. The number of imide groups is 1. The molecule has 0 atom stereocenters. The zero-order valence-electron chi connectivity index (χ0n) is 14.4. The minimum Gasteiger partial charge on any atom is -0.459 e. The van der Waals surface area contributed by atoms with Crippen molar-refractivity contribution in [2.24, 2.45) is 0 Å². The summed E-state index contributed by atoms with van der Waals surface area (Å²) in [6.07, 6.45) is 1.98. The van der Waals surface area contributed by atoms with Gasteiger partial charge in [0.1, 0.15) is 12.1 Å². The molecule has 1 fully saturated rings. The van der Waals surface area contributed by atoms with E-state index in [1.165, 1.54) is 21.8 Å². The first kappa shape index (κ1) is 18.1. The number of thiazole rings is 1. The molecule has 1 saturated heterocycles. The van der Waals surface area contributed by atoms with E-state index < -0.39 is 17.5 Å². The number of aromatic nitrogens is 2. The van der Waals surface area contributed by atoms with Crippen LogP contribution in [-0.4, -0.2) is 44.3 Å². The summed E-state index contributed by atoms with van der Waals surface area (Å²) in [5.74, 6) is -0.797. The lowest BCUT2D eigenvalue weighted by Crippen LogP contribution is -2.40. The van der Waals surface area contributed by atoms with Gasteiger partial charge in [0.15, 0.2) is 4.96 Å². The standard InChI is InChI=1S/C16H18N4O5S/c1-16(2)13(23)20(14(24)18-16)5-3-4-12(22)25-9-10-8-11(21)19-6-7-26-15(19)17-10/h6-8H,3-5,9H2,1-2H3,(H,18,24). The predicted molar refractivity (Wildman–Crippen MR) is 92.7 cm³/mol. The van der Waals surface area contributed by atoms with Gasteiger partial charge < -0.3 is 10.1 Å². The van der Waals surface area contributed by atoms with Crippen molar-refractivity contribution in [3.05, 3.63) is 33.7 Å². The molecule has 1 aliphatic rings. The highest BCUT2D eigenvalue weighted by Crippen LogP contribution is 2.17. The van der Waals surface area contributed by atoms with Crippen LogP contribution in [0.15, 0.2) is 22.4 Å². The number of nitrogens with zero attached hydrogens (tertiary/aromatic N) is 3. The number of ether oxygens (including phenoxy) is 1. The average molecular weight is 378 g/mol. The van der Waals surface area contributed by atoms with Gasteiger partial charge in [-0.25, -0.2) is 9.78 Å². The molecule has 0 saturated carbocycles. The van der Waals surface area contributed by atoms with Gasteiger partial charge in [0.25, 0.3) is 11.5 Å². The number of hydrogen-bond donors (Lipinski definition) is 1. The summed E-state index contributed by atoms with van der Waals surface area (Å²) in [5, 5.41) is 4.32. The molecule has 0 spiro atoms. The molecular weight excluding hydrogens is 360 g/mol. The maximum atomic E-state index is 12.0. The molecule has 0 aliphatic carbocycles. The van der Waals surface area contributed by atoms with Crippen LogP contribution in [0.1, 0.15) is 32.4 Å². The second kappa shape index (κ2) is 6.87. The van der Waals surface area contributed by atoms with Crippen molar-refractivity contribution in [1.29, 1.82) is 0 Å². The van der Waals surface area contributed by atoms with E-state index in [2.05, 4.69) is 10.3 Å². The molecule has 26 heavy (non-hydrogen) atoms. The Morgan fingerprint density at radius 2 is 2.12 bits per heavy atom. The molecule has 0 unspecified atom stereocenters. The second-order valence-electron chi connectivity index (χ2n) is 6.42. The smallest absolute Gasteiger partial charge is 0.325 e. The molecule has 1 aliphatic heterocycles. The van der Waals surface area contributed by atoms with E-state index in [9.17, 15) is 19.2 Å². The number of amides is 3. The van der Waals surface area contributed by atoms with Crippen LogP contribution >= 0.6 is 11.3 Å². The topological polar surface area (TPSA) is 110 Å². The largest absolute Gasteiger partial charge is 0.459 e. The van der Waals surface area contributed by atoms with Crippen LogP contribution in [0.3, 0.4) is 0 Å². The van der Waals surface area contributed by atoms with Gasteiger partial charge >= 0.3 is 12.0 Å². The molecule has 9 nitrogen and oxygen atoms in total. The highest BCUT2D eigenvalue weighted by atomic mass is 32.1. The Bertz CT molecular complexity index is 932. The number of carbonyl (C=O) groups excluding carboxylic acids is 3. The monoisotopic (exact) mass is 378 g/mol. The summed E-state index contributed by atoms with van der Waals surface area (Å²) in [6.45, 7) is 3.30. The SMILES string of the molecule is CC1(C)NC(=O)N(CCCC(=O)OCc2cc(=O)n3ccsc3n2)C1=O. The average Bonchev–Trinajstić information content (AvgIpc) is 3.11. The number of nitrogens with one attached hydrogen (secondary N) is 1. The molecule has 3 heterocycles. The van der Waals surface area contributed by atoms with E-state index in [0.29, 0.717) is 17.1 Å². The quantitative estimate of drug-likeness (QED) is 0.591. The lowest BCUT2D eigenvalue weighted by Gasteiger charge is -2.15. The van der Waals surface area contributed by atoms with Crippen LogP contribution in [0.25, 0.3) is 4.96 Å². The van der Waals surface area contributed by atoms with Gasteiger partial charge in [0, 0.05) is 30.6 Å². The van der Waals surface area contributed by atoms with Gasteiger partial charge in [-0.2, -0.15) is 0 Å². The third-order valence-corrected chi connectivity index (χ3v) is 4.70. The van der Waals surface area contributed by atoms with Gasteiger partial charge in [-0.05, 0) is 20.3 Å². The van der Waals surface area contributed by atoms with Gasteiger partial charge in [-0.15, -0.1) is 11.3 Å². The van der Waals surface area contributed by atoms with Crippen LogP contribution in [0.4, 0.5) is 4.79 Å². The maximum absolute atomic E-state index is 12.0. The summed E-state index contributed by atoms with van der Waals surface area (Å²) >= 11 is 1.31. The fourth-order valence-corrected chi connectivity index (χ4v) is 3.33. The van der Waals surface area contributed by atoms with Crippen molar-refractivity contribution in [1.82, 2.24) is 19.6 Å². The van der Waals surface area contributed by atoms with Crippen LogP contribution in [0, 0.1) is 0 Å². The van der Waals surface area contributed by atoms with Crippen LogP contribution in [-0.2, 0) is 20.9 Å². The Morgan fingerprint density at radius 1 is 1.35 bits per heavy atom. The van der Waals surface area contributed by atoms with Crippen molar-refractivity contribution in [2.75, 3.05) is 6.54 Å². The summed E-state index contributed by atoms with van der Waals surface area (Å²) in [5.41, 5.74) is -0.775. The first-order chi connectivity index (χ1) is 12.3. The minimum atomic E-state index is -0.919. The lowest BCUT2D eigenvalue weighted by atomic mass is 10.1. The molecule has 1 N–H and O–H groups in total. The van der Waals surface area contributed by atoms with Gasteiger partial charge in [-0.1, -0.05) is 0 Å². The number of carbonyl (C=O) groups is 3. The predicted octanol–water partition coefficient (Wildman–Crippen LogP) is 0.910. The zero-order chi connectivity index (χ0) is 18.9. The molecule has 0 aromatic carbocycles. The fraction of sp³-hybridized carbons (Fsp3) is 0.438. The number of fused-ring (bicyclic) bond motifs is 1. The molecule has 2 aromatic rings. The van der Waals surface area contributed by atoms with E-state index in [1.54, 1.807) is 25.4 Å². The Kier molecular flexibility index (Phi) is 4.77. The van der Waals surface area contributed by atoms with Crippen molar-refractivity contribution in [3.63, 3.8) is 0 Å². The third-order valence-electron chi connectivity index (χ3n) is 3.94. The third kappa shape index (κ3) is 3.59. The van der Waals surface area contributed by atoms with Crippen molar-refractivity contribution >= 4 is 34.2 Å². The van der Waals surface area contributed by atoms with Crippen molar-refractivity contribution in [2.45, 2.75) is 38.8 Å². The number of hydrogen-bond acceptors (Lipinski definition) is 7. The number of urea groups is 1. The molecule has 10 heteroatoms. The summed E-state index contributed by atoms with van der Waals surface area (Å²) < 4.78 is 6.53. The molecule has 3 amide bonds. The molecular formula is C16H18N4O5S. The Morgan fingerprint density at radius 3 is 2.81 bits per heavy atom. The van der Waals surface area contributed by atoms with Crippen molar-refractivity contribution < 1.29 is 19.1 Å². The lowest BCUT2D eigenvalue weighted by molar-refractivity contribution is -0.145. The summed E-state index contributed by atoms with van der Waals surface area (Å²) in [7, 11) is 0. The van der Waals surface area contributed by atoms with Crippen LogP contribution in [0.2, 0.25) is 0 Å². The van der Waals surface area contributed by atoms with Crippen LogP contribution in [0.5, 0.6) is 0 Å². The van der Waals surface area contributed by atoms with Gasteiger partial charge in [-0.3, -0.25) is 23.7 Å². The van der Waals surface area contributed by atoms with E-state index in [1.807, 2.05) is 0 Å². The highest BCUT2D eigenvalue weighted by molar-refractivity contribution is 7.15. The normalized spacial score (nSPS) is 16.2. The summed E-state index contributed by atoms with van der Waals surface area (Å²) in [6, 6.07) is 0.866. The molecule has 2 aromatic heterocycles. The van der Waals surface area contributed by atoms with E-state index in [-0.39, 0.29) is 31.0 Å². The van der Waals surface area contributed by atoms with E-state index >= 15 is 0 Å². The molecule has 138 valence electrons. The first-order valence-electron chi connectivity index (χ1n) is 8.03. The Labute approximate surface area is 152 Å². The summed E-state index contributed by atoms with van der Waals surface area (Å²) in [4.78, 5) is 53.3. The first-order valence-corrected chi connectivity index (χ1v) is 8.91. The molecule has 0 bridgehead atoms. The molecule has 3 rings (SSSR count). The highest BCUT2D eigenvalue weighted by Gasteiger charge is 2.43. The number of rotatable bonds is 6. The number of esters is 1. The van der Waals surface area contributed by atoms with Crippen molar-refractivity contribution in [3.8, 4) is 0 Å². The van der Waals surface area contributed by atoms with Crippen LogP contribution < -0.4 is 10.9 Å². The van der Waals surface area contributed by atoms with Gasteiger partial charge in [0.05, 0.1) is 5.69 Å². The molecule has 0 radical (unpaired) electrons. The van der Waals surface area contributed by atoms with E-state index in [4.69, 9.17) is 4.74 Å². The Hall–Kier alpha value is -2.75.